The molecule has 1 aliphatic rings. The first kappa shape index (κ1) is 14.7. The van der Waals surface area contributed by atoms with E-state index in [2.05, 4.69) is 16.7 Å². The molecule has 0 fully saturated rings. The van der Waals surface area contributed by atoms with Crippen molar-refractivity contribution in [2.75, 3.05) is 25.0 Å². The molecular formula is C13H15ClFN3O2. The molecular weight excluding hydrogens is 285 g/mol. The average molecular weight is 300 g/mol. The summed E-state index contributed by atoms with van der Waals surface area (Å²) in [5.74, 6) is -0.787. The Morgan fingerprint density at radius 1 is 1.50 bits per heavy atom. The fourth-order valence-electron chi connectivity index (χ4n) is 2.08. The lowest BCUT2D eigenvalue weighted by Crippen LogP contribution is -2.21. The summed E-state index contributed by atoms with van der Waals surface area (Å²) < 4.78 is 13.3. The number of nitrogens with one attached hydrogen (secondary N) is 2. The van der Waals surface area contributed by atoms with Crippen molar-refractivity contribution < 1.29 is 9.31 Å². The first-order valence-electron chi connectivity index (χ1n) is 6.34. The molecule has 1 heterocycles. The minimum atomic E-state index is -0.787. The summed E-state index contributed by atoms with van der Waals surface area (Å²) in [6.07, 6.45) is 3.90. The van der Waals surface area contributed by atoms with Crippen LogP contribution in [-0.4, -0.2) is 24.6 Å². The van der Waals surface area contributed by atoms with Gasteiger partial charge in [0.1, 0.15) is 11.5 Å². The second kappa shape index (κ2) is 6.67. The second-order valence-corrected chi connectivity index (χ2v) is 4.94. The van der Waals surface area contributed by atoms with Crippen molar-refractivity contribution in [1.82, 2.24) is 5.32 Å². The van der Waals surface area contributed by atoms with Crippen LogP contribution >= 0.6 is 11.6 Å². The molecule has 2 rings (SSSR count). The lowest BCUT2D eigenvalue weighted by molar-refractivity contribution is -0.384. The number of hydrogen-bond donors (Lipinski definition) is 2. The summed E-state index contributed by atoms with van der Waals surface area (Å²) in [6.45, 7) is 2.36. The zero-order valence-corrected chi connectivity index (χ0v) is 11.5. The molecule has 0 spiro atoms. The highest BCUT2D eigenvalue weighted by Crippen LogP contribution is 2.30. The molecule has 0 amide bonds. The van der Waals surface area contributed by atoms with Gasteiger partial charge in [-0.1, -0.05) is 23.3 Å². The van der Waals surface area contributed by atoms with Gasteiger partial charge in [-0.15, -0.1) is 0 Å². The maximum absolute atomic E-state index is 13.3. The Bertz CT molecular complexity index is 549. The Morgan fingerprint density at radius 2 is 2.30 bits per heavy atom. The Balaban J connectivity index is 2.03. The van der Waals surface area contributed by atoms with Crippen LogP contribution in [0.25, 0.3) is 0 Å². The third-order valence-electron chi connectivity index (χ3n) is 3.15. The molecule has 1 aromatic rings. The molecule has 0 unspecified atom stereocenters. The van der Waals surface area contributed by atoms with Gasteiger partial charge in [-0.3, -0.25) is 10.1 Å². The molecule has 0 radical (unpaired) electrons. The van der Waals surface area contributed by atoms with Gasteiger partial charge in [-0.2, -0.15) is 0 Å². The molecule has 20 heavy (non-hydrogen) atoms. The van der Waals surface area contributed by atoms with Crippen molar-refractivity contribution in [3.8, 4) is 0 Å². The van der Waals surface area contributed by atoms with E-state index in [1.54, 1.807) is 0 Å². The molecule has 0 aliphatic carbocycles. The van der Waals surface area contributed by atoms with Gasteiger partial charge in [-0.05, 0) is 25.5 Å². The monoisotopic (exact) mass is 299 g/mol. The molecule has 0 bridgehead atoms. The van der Waals surface area contributed by atoms with Gasteiger partial charge in [-0.25, -0.2) is 4.39 Å². The molecule has 2 N–H and O–H groups in total. The van der Waals surface area contributed by atoms with E-state index in [1.807, 2.05) is 0 Å². The molecule has 5 nitrogen and oxygen atoms in total. The number of nitrogens with zero attached hydrogens (tertiary/aromatic N) is 1. The zero-order valence-electron chi connectivity index (χ0n) is 10.8. The Hall–Kier alpha value is -1.66. The number of nitro groups is 1. The number of nitro benzene ring substituents is 1. The summed E-state index contributed by atoms with van der Waals surface area (Å²) in [5, 5.41) is 16.9. The highest BCUT2D eigenvalue weighted by atomic mass is 35.5. The van der Waals surface area contributed by atoms with Crippen LogP contribution in [0.3, 0.4) is 0 Å². The van der Waals surface area contributed by atoms with Crippen LogP contribution in [0.15, 0.2) is 23.8 Å². The van der Waals surface area contributed by atoms with E-state index < -0.39 is 10.7 Å². The van der Waals surface area contributed by atoms with Gasteiger partial charge in [0.05, 0.1) is 16.0 Å². The second-order valence-electron chi connectivity index (χ2n) is 4.53. The van der Waals surface area contributed by atoms with Crippen molar-refractivity contribution in [2.24, 2.45) is 0 Å². The number of hydrogen-bond acceptors (Lipinski definition) is 4. The normalized spacial score (nSPS) is 14.8. The fourth-order valence-corrected chi connectivity index (χ4v) is 2.25. The maximum Gasteiger partial charge on any atom is 0.295 e. The topological polar surface area (TPSA) is 67.2 Å². The quantitative estimate of drug-likeness (QED) is 0.498. The van der Waals surface area contributed by atoms with E-state index in [9.17, 15) is 14.5 Å². The number of benzene rings is 1. The van der Waals surface area contributed by atoms with Crippen molar-refractivity contribution >= 4 is 23.0 Å². The van der Waals surface area contributed by atoms with Gasteiger partial charge < -0.3 is 10.6 Å². The minimum absolute atomic E-state index is 0.126. The fraction of sp³-hybridized carbons (Fsp3) is 0.385. The van der Waals surface area contributed by atoms with Crippen LogP contribution < -0.4 is 10.6 Å². The van der Waals surface area contributed by atoms with Gasteiger partial charge in [0.25, 0.3) is 5.69 Å². The van der Waals surface area contributed by atoms with Gasteiger partial charge >= 0.3 is 0 Å². The van der Waals surface area contributed by atoms with E-state index in [4.69, 9.17) is 11.6 Å². The third kappa shape index (κ3) is 3.68. The van der Waals surface area contributed by atoms with Crippen molar-refractivity contribution in [3.63, 3.8) is 0 Å². The summed E-state index contributed by atoms with van der Waals surface area (Å²) in [7, 11) is 0. The van der Waals surface area contributed by atoms with Gasteiger partial charge in [0.15, 0.2) is 0 Å². The highest BCUT2D eigenvalue weighted by molar-refractivity contribution is 6.31. The Kier molecular flexibility index (Phi) is 4.92. The Morgan fingerprint density at radius 3 is 2.95 bits per heavy atom. The van der Waals surface area contributed by atoms with E-state index in [-0.39, 0.29) is 16.4 Å². The molecule has 0 atom stereocenters. The molecule has 0 saturated heterocycles. The van der Waals surface area contributed by atoms with E-state index in [1.165, 1.54) is 11.6 Å². The number of halogens is 2. The van der Waals surface area contributed by atoms with Crippen LogP contribution in [0, 0.1) is 15.9 Å². The van der Waals surface area contributed by atoms with Gasteiger partial charge in [0.2, 0.25) is 0 Å². The predicted octanol–water partition coefficient (Wildman–Crippen LogP) is 3.11. The first-order valence-corrected chi connectivity index (χ1v) is 6.71. The van der Waals surface area contributed by atoms with Crippen LogP contribution in [0.5, 0.6) is 0 Å². The summed E-state index contributed by atoms with van der Waals surface area (Å²) in [6, 6.07) is 2.10. The standard InChI is InChI=1S/C13H15ClFN3O2/c14-10-7-12(13(18(19)20)8-11(10)15)17-6-3-9-1-4-16-5-2-9/h1,7-8,16-17H,2-6H2. The van der Waals surface area contributed by atoms with Crippen LogP contribution in [0.4, 0.5) is 15.8 Å². The number of anilines is 1. The highest BCUT2D eigenvalue weighted by Gasteiger charge is 2.17. The van der Waals surface area contributed by atoms with E-state index in [0.29, 0.717) is 6.54 Å². The molecule has 108 valence electrons. The molecule has 7 heteroatoms. The average Bonchev–Trinajstić information content (AvgIpc) is 2.43. The SMILES string of the molecule is O=[N+]([O-])c1cc(F)c(Cl)cc1NCCC1=CCNCC1. The molecule has 0 aromatic heterocycles. The van der Waals surface area contributed by atoms with E-state index in [0.717, 1.165) is 32.0 Å². The molecule has 1 aliphatic heterocycles. The lowest BCUT2D eigenvalue weighted by atomic mass is 10.1. The summed E-state index contributed by atoms with van der Waals surface area (Å²) in [5.41, 5.74) is 1.26. The summed E-state index contributed by atoms with van der Waals surface area (Å²) in [4.78, 5) is 10.3. The molecule has 0 saturated carbocycles. The first-order chi connectivity index (χ1) is 9.58. The summed E-state index contributed by atoms with van der Waals surface area (Å²) >= 11 is 5.66. The van der Waals surface area contributed by atoms with Crippen molar-refractivity contribution in [2.45, 2.75) is 12.8 Å². The van der Waals surface area contributed by atoms with Crippen molar-refractivity contribution in [3.05, 3.63) is 44.7 Å². The van der Waals surface area contributed by atoms with Crippen LogP contribution in [-0.2, 0) is 0 Å². The lowest BCUT2D eigenvalue weighted by Gasteiger charge is -2.14. The van der Waals surface area contributed by atoms with Crippen LogP contribution in [0.2, 0.25) is 5.02 Å². The van der Waals surface area contributed by atoms with Crippen LogP contribution in [0.1, 0.15) is 12.8 Å². The Labute approximate surface area is 121 Å². The maximum atomic E-state index is 13.3. The number of rotatable bonds is 5. The smallest absolute Gasteiger partial charge is 0.295 e. The van der Waals surface area contributed by atoms with Crippen molar-refractivity contribution in [1.29, 1.82) is 0 Å². The zero-order chi connectivity index (χ0) is 14.5. The largest absolute Gasteiger partial charge is 0.379 e. The predicted molar refractivity (Wildman–Crippen MR) is 76.7 cm³/mol. The van der Waals surface area contributed by atoms with Gasteiger partial charge in [0, 0.05) is 13.1 Å². The third-order valence-corrected chi connectivity index (χ3v) is 3.44. The minimum Gasteiger partial charge on any atom is -0.379 e. The molecule has 1 aromatic carbocycles. The van der Waals surface area contributed by atoms with E-state index >= 15 is 0 Å².